The van der Waals surface area contributed by atoms with Crippen LogP contribution in [0.5, 0.6) is 0 Å². The lowest BCUT2D eigenvalue weighted by Crippen LogP contribution is -2.37. The fourth-order valence-corrected chi connectivity index (χ4v) is 15.8. The number of hydrogen-bond donors (Lipinski definition) is 0. The van der Waals surface area contributed by atoms with Gasteiger partial charge in [0.05, 0.1) is 18.7 Å². The Balaban J connectivity index is 1.36. The van der Waals surface area contributed by atoms with Gasteiger partial charge in [0.1, 0.15) is 39.1 Å². The van der Waals surface area contributed by atoms with Crippen molar-refractivity contribution in [1.29, 1.82) is 0 Å². The Morgan fingerprint density at radius 1 is 0.478 bits per heavy atom. The highest BCUT2D eigenvalue weighted by molar-refractivity contribution is 8.08. The van der Waals surface area contributed by atoms with Crippen molar-refractivity contribution in [1.82, 2.24) is 5.01 Å². The third-order valence-corrected chi connectivity index (χ3v) is 18.0. The highest BCUT2D eigenvalue weighted by Gasteiger charge is 2.54. The van der Waals surface area contributed by atoms with Crippen molar-refractivity contribution in [3.05, 3.63) is 182 Å². The Labute approximate surface area is 275 Å². The molecule has 46 heavy (non-hydrogen) atoms. The summed E-state index contributed by atoms with van der Waals surface area (Å²) in [6.07, 6.45) is 1.96. The maximum Gasteiger partial charge on any atom is 0.194 e. The average Bonchev–Trinajstić information content (AvgIpc) is 3.51. The van der Waals surface area contributed by atoms with Crippen LogP contribution < -0.4 is 31.8 Å². The second kappa shape index (κ2) is 13.6. The first-order valence-electron chi connectivity index (χ1n) is 16.2. The molecule has 4 heteroatoms. The highest BCUT2D eigenvalue weighted by Crippen LogP contribution is 2.60. The van der Waals surface area contributed by atoms with Crippen molar-refractivity contribution >= 4 is 51.8 Å². The zero-order chi connectivity index (χ0) is 31.2. The zero-order valence-corrected chi connectivity index (χ0v) is 28.1. The number of benzene rings is 6. The summed E-state index contributed by atoms with van der Waals surface area (Å²) in [7, 11) is -4.17. The van der Waals surface area contributed by atoms with Gasteiger partial charge in [0.25, 0.3) is 0 Å². The minimum atomic E-state index is -2.20. The van der Waals surface area contributed by atoms with Gasteiger partial charge < -0.3 is 0 Å². The Hall–Kier alpha value is -4.35. The summed E-state index contributed by atoms with van der Waals surface area (Å²) < 4.78 is 0. The van der Waals surface area contributed by atoms with Gasteiger partial charge in [0.2, 0.25) is 0 Å². The smallest absolute Gasteiger partial charge is 0.194 e. The Bertz CT molecular complexity index is 1670. The third kappa shape index (κ3) is 5.51. The molecular weight excluding hydrogens is 594 g/mol. The van der Waals surface area contributed by atoms with Gasteiger partial charge in [-0.25, -0.2) is 0 Å². The summed E-state index contributed by atoms with van der Waals surface area (Å²) in [6, 6.07) is 67.3. The Morgan fingerprint density at radius 3 is 1.11 bits per heavy atom. The molecular formula is C42H40N2P2+2. The molecule has 0 aliphatic carbocycles. The van der Waals surface area contributed by atoms with Gasteiger partial charge in [-0.15, -0.1) is 5.10 Å². The lowest BCUT2D eigenvalue weighted by Gasteiger charge is -2.30. The van der Waals surface area contributed by atoms with Crippen LogP contribution in [0.3, 0.4) is 0 Å². The van der Waals surface area contributed by atoms with Crippen LogP contribution in [-0.4, -0.2) is 29.2 Å². The normalized spacial score (nSPS) is 15.0. The number of rotatable bonds is 10. The predicted octanol–water partition coefficient (Wildman–Crippen LogP) is 7.38. The molecule has 1 heterocycles. The molecule has 226 valence electrons. The van der Waals surface area contributed by atoms with Crippen molar-refractivity contribution in [2.75, 3.05) is 12.7 Å². The standard InChI is InChI=1S/C42H40N2P2/c1-35-34-42(46(39-26-14-5-15-27-39,40-28-16-6-17-29-40)41-30-18-7-19-31-41)43-44(35)32-33-45(36-20-8-2-9-21-36,37-22-10-3-11-23-37)38-24-12-4-13-25-38/h2-31,35H,32-34H2,1H3/q+2/t35-/m0/s1. The Morgan fingerprint density at radius 2 is 0.783 bits per heavy atom. The molecule has 0 radical (unpaired) electrons. The quantitative estimate of drug-likeness (QED) is 0.144. The lowest BCUT2D eigenvalue weighted by molar-refractivity contribution is 0.261. The van der Waals surface area contributed by atoms with Crippen LogP contribution in [0.2, 0.25) is 0 Å². The lowest BCUT2D eigenvalue weighted by atomic mass is 10.2. The van der Waals surface area contributed by atoms with Crippen LogP contribution in [0.15, 0.2) is 187 Å². The van der Waals surface area contributed by atoms with E-state index in [1.807, 2.05) is 0 Å². The molecule has 0 unspecified atom stereocenters. The molecule has 6 aromatic carbocycles. The van der Waals surface area contributed by atoms with E-state index in [-0.39, 0.29) is 0 Å². The van der Waals surface area contributed by atoms with E-state index in [9.17, 15) is 0 Å². The molecule has 2 nitrogen and oxygen atoms in total. The molecule has 0 spiro atoms. The molecule has 0 N–H and O–H groups in total. The van der Waals surface area contributed by atoms with E-state index in [0.29, 0.717) is 6.04 Å². The fourth-order valence-electron chi connectivity index (χ4n) is 7.12. The van der Waals surface area contributed by atoms with E-state index in [1.54, 1.807) is 0 Å². The van der Waals surface area contributed by atoms with E-state index in [4.69, 9.17) is 5.10 Å². The summed E-state index contributed by atoms with van der Waals surface area (Å²) in [6.45, 7) is 3.25. The summed E-state index contributed by atoms with van der Waals surface area (Å²) >= 11 is 0. The molecule has 1 aliphatic heterocycles. The molecule has 0 amide bonds. The summed E-state index contributed by atoms with van der Waals surface area (Å²) in [5.74, 6) is 0. The molecule has 0 aromatic heterocycles. The van der Waals surface area contributed by atoms with E-state index in [2.05, 4.69) is 194 Å². The van der Waals surface area contributed by atoms with Gasteiger partial charge in [-0.05, 0) is 79.7 Å². The number of hydrogen-bond acceptors (Lipinski definition) is 2. The van der Waals surface area contributed by atoms with E-state index >= 15 is 0 Å². The monoisotopic (exact) mass is 634 g/mol. The maximum atomic E-state index is 5.67. The largest absolute Gasteiger partial charge is 0.287 e. The molecule has 0 bridgehead atoms. The second-order valence-corrected chi connectivity index (χ2v) is 19.0. The van der Waals surface area contributed by atoms with Gasteiger partial charge in [-0.2, -0.15) is 0 Å². The molecule has 0 fully saturated rings. The first kappa shape index (κ1) is 30.3. The van der Waals surface area contributed by atoms with Gasteiger partial charge in [0.15, 0.2) is 12.7 Å². The minimum absolute atomic E-state index is 0.301. The predicted molar refractivity (Wildman–Crippen MR) is 203 cm³/mol. The van der Waals surface area contributed by atoms with Crippen LogP contribution in [0.25, 0.3) is 0 Å². The highest BCUT2D eigenvalue weighted by atomic mass is 31.2. The molecule has 6 aromatic rings. The van der Waals surface area contributed by atoms with Crippen LogP contribution in [0.4, 0.5) is 0 Å². The van der Waals surface area contributed by atoms with Crippen molar-refractivity contribution in [2.45, 2.75) is 19.4 Å². The van der Waals surface area contributed by atoms with E-state index < -0.39 is 14.5 Å². The second-order valence-electron chi connectivity index (χ2n) is 11.9. The van der Waals surface area contributed by atoms with Gasteiger partial charge >= 0.3 is 0 Å². The summed E-state index contributed by atoms with van der Waals surface area (Å²) in [4.78, 5) is 0. The van der Waals surface area contributed by atoms with Gasteiger partial charge in [-0.1, -0.05) is 109 Å². The van der Waals surface area contributed by atoms with Crippen molar-refractivity contribution in [3.63, 3.8) is 0 Å². The molecule has 1 aliphatic rings. The average molecular weight is 635 g/mol. The fraction of sp³-hybridized carbons (Fsp3) is 0.119. The first-order chi connectivity index (χ1) is 22.7. The number of nitrogens with zero attached hydrogens (tertiary/aromatic N) is 2. The van der Waals surface area contributed by atoms with Crippen LogP contribution in [0.1, 0.15) is 13.3 Å². The van der Waals surface area contributed by atoms with E-state index in [0.717, 1.165) is 19.1 Å². The van der Waals surface area contributed by atoms with Gasteiger partial charge in [-0.3, -0.25) is 5.01 Å². The third-order valence-electron chi connectivity index (χ3n) is 9.30. The van der Waals surface area contributed by atoms with Crippen LogP contribution in [-0.2, 0) is 0 Å². The number of hydrazone groups is 1. The maximum absolute atomic E-state index is 5.67. The van der Waals surface area contributed by atoms with Crippen molar-refractivity contribution < 1.29 is 0 Å². The zero-order valence-electron chi connectivity index (χ0n) is 26.3. The first-order valence-corrected chi connectivity index (χ1v) is 19.9. The molecule has 0 saturated carbocycles. The molecule has 7 rings (SSSR count). The SMILES string of the molecule is C[C@H]1CC([P+](c2ccccc2)(c2ccccc2)c2ccccc2)=NN1CC[P+](c1ccccc1)(c1ccccc1)c1ccccc1. The van der Waals surface area contributed by atoms with Crippen LogP contribution in [0, 0.1) is 0 Å². The molecule has 0 saturated heterocycles. The minimum Gasteiger partial charge on any atom is -0.287 e. The van der Waals surface area contributed by atoms with Crippen molar-refractivity contribution in [3.8, 4) is 0 Å². The Kier molecular flexibility index (Phi) is 8.94. The molecule has 1 atom stereocenters. The topological polar surface area (TPSA) is 15.6 Å². The summed E-state index contributed by atoms with van der Waals surface area (Å²) in [5.41, 5.74) is 1.31. The van der Waals surface area contributed by atoms with Gasteiger partial charge in [0, 0.05) is 6.42 Å². The van der Waals surface area contributed by atoms with E-state index in [1.165, 1.54) is 37.3 Å². The van der Waals surface area contributed by atoms with Crippen molar-refractivity contribution in [2.24, 2.45) is 5.10 Å². The summed E-state index contributed by atoms with van der Waals surface area (Å²) in [5, 5.41) is 16.4. The van der Waals surface area contributed by atoms with Crippen LogP contribution >= 0.6 is 14.5 Å².